The number of ether oxygens (including phenoxy) is 1. The van der Waals surface area contributed by atoms with Crippen LogP contribution in [0, 0.1) is 6.92 Å². The van der Waals surface area contributed by atoms with E-state index in [-0.39, 0.29) is 0 Å². The van der Waals surface area contributed by atoms with Crippen molar-refractivity contribution in [3.63, 3.8) is 0 Å². The molecule has 1 rings (SSSR count). The van der Waals surface area contributed by atoms with Crippen LogP contribution < -0.4 is 4.74 Å². The van der Waals surface area contributed by atoms with E-state index in [1.807, 2.05) is 0 Å². The summed E-state index contributed by atoms with van der Waals surface area (Å²) in [5.41, 5.74) is 2.69. The van der Waals surface area contributed by atoms with E-state index >= 15 is 0 Å². The molecule has 0 aromatic heterocycles. The molecule has 0 aliphatic heterocycles. The molecular weight excluding hydrogens is 232 g/mol. The van der Waals surface area contributed by atoms with Crippen molar-refractivity contribution >= 4 is 0 Å². The van der Waals surface area contributed by atoms with Crippen molar-refractivity contribution in [1.29, 1.82) is 0 Å². The van der Waals surface area contributed by atoms with Crippen LogP contribution in [0.25, 0.3) is 0 Å². The third-order valence-electron chi connectivity index (χ3n) is 3.38. The quantitative estimate of drug-likeness (QED) is 0.550. The minimum atomic E-state index is 0.564. The first-order valence-electron chi connectivity index (χ1n) is 7.61. The first-order chi connectivity index (χ1) is 9.22. The van der Waals surface area contributed by atoms with E-state index in [1.54, 1.807) is 0 Å². The zero-order valence-electron chi connectivity index (χ0n) is 12.9. The van der Waals surface area contributed by atoms with Crippen molar-refractivity contribution in [3.05, 3.63) is 41.5 Å². The SMILES string of the molecule is CC/C=C\CC(CC)c1cc(C)ccc1OCCC. The molecule has 0 bridgehead atoms. The van der Waals surface area contributed by atoms with E-state index in [2.05, 4.69) is 58.0 Å². The molecule has 0 saturated carbocycles. The molecular formula is C18H28O. The molecule has 106 valence electrons. The lowest BCUT2D eigenvalue weighted by atomic mass is 9.91. The number of benzene rings is 1. The summed E-state index contributed by atoms with van der Waals surface area (Å²) in [6.07, 6.45) is 8.99. The van der Waals surface area contributed by atoms with Crippen molar-refractivity contribution < 1.29 is 4.74 Å². The Morgan fingerprint density at radius 3 is 2.58 bits per heavy atom. The Morgan fingerprint density at radius 1 is 1.16 bits per heavy atom. The summed E-state index contributed by atoms with van der Waals surface area (Å²) in [6, 6.07) is 6.56. The average molecular weight is 260 g/mol. The normalized spacial score (nSPS) is 12.8. The highest BCUT2D eigenvalue weighted by Crippen LogP contribution is 2.32. The fraction of sp³-hybridized carbons (Fsp3) is 0.556. The van der Waals surface area contributed by atoms with Gasteiger partial charge < -0.3 is 4.74 Å². The maximum absolute atomic E-state index is 5.91. The largest absolute Gasteiger partial charge is 0.493 e. The van der Waals surface area contributed by atoms with Gasteiger partial charge in [0.15, 0.2) is 0 Å². The van der Waals surface area contributed by atoms with Crippen molar-refractivity contribution in [1.82, 2.24) is 0 Å². The van der Waals surface area contributed by atoms with Gasteiger partial charge in [-0.1, -0.05) is 50.6 Å². The molecule has 0 radical (unpaired) electrons. The highest BCUT2D eigenvalue weighted by molar-refractivity contribution is 5.39. The van der Waals surface area contributed by atoms with Gasteiger partial charge in [-0.15, -0.1) is 0 Å². The predicted octanol–water partition coefficient (Wildman–Crippen LogP) is 5.63. The van der Waals surface area contributed by atoms with E-state index < -0.39 is 0 Å². The van der Waals surface area contributed by atoms with Crippen molar-refractivity contribution in [2.45, 2.75) is 59.3 Å². The molecule has 0 spiro atoms. The number of allylic oxidation sites excluding steroid dienone is 2. The second-order valence-electron chi connectivity index (χ2n) is 5.11. The highest BCUT2D eigenvalue weighted by atomic mass is 16.5. The first kappa shape index (κ1) is 15.8. The van der Waals surface area contributed by atoms with Crippen LogP contribution in [0.2, 0.25) is 0 Å². The molecule has 1 unspecified atom stereocenters. The van der Waals surface area contributed by atoms with E-state index in [9.17, 15) is 0 Å². The molecule has 1 atom stereocenters. The summed E-state index contributed by atoms with van der Waals surface area (Å²) in [5, 5.41) is 0. The van der Waals surface area contributed by atoms with E-state index in [0.29, 0.717) is 5.92 Å². The summed E-state index contributed by atoms with van der Waals surface area (Å²) < 4.78 is 5.91. The van der Waals surface area contributed by atoms with Crippen molar-refractivity contribution in [2.24, 2.45) is 0 Å². The fourth-order valence-corrected chi connectivity index (χ4v) is 2.27. The molecule has 0 N–H and O–H groups in total. The van der Waals surface area contributed by atoms with E-state index in [1.165, 1.54) is 11.1 Å². The van der Waals surface area contributed by atoms with Gasteiger partial charge in [-0.2, -0.15) is 0 Å². The summed E-state index contributed by atoms with van der Waals surface area (Å²) in [4.78, 5) is 0. The topological polar surface area (TPSA) is 9.23 Å². The summed E-state index contributed by atoms with van der Waals surface area (Å²) in [5.74, 6) is 1.64. The molecule has 0 aliphatic rings. The zero-order chi connectivity index (χ0) is 14.1. The second-order valence-corrected chi connectivity index (χ2v) is 5.11. The first-order valence-corrected chi connectivity index (χ1v) is 7.61. The maximum Gasteiger partial charge on any atom is 0.122 e. The van der Waals surface area contributed by atoms with Crippen LogP contribution in [-0.2, 0) is 0 Å². The Labute approximate surface area is 118 Å². The van der Waals surface area contributed by atoms with Crippen LogP contribution in [0.1, 0.15) is 63.5 Å². The summed E-state index contributed by atoms with van der Waals surface area (Å²) >= 11 is 0. The van der Waals surface area contributed by atoms with Crippen LogP contribution in [-0.4, -0.2) is 6.61 Å². The number of aryl methyl sites for hydroxylation is 1. The lowest BCUT2D eigenvalue weighted by Crippen LogP contribution is -2.03. The van der Waals surface area contributed by atoms with Gasteiger partial charge in [0.1, 0.15) is 5.75 Å². The van der Waals surface area contributed by atoms with Crippen molar-refractivity contribution in [2.75, 3.05) is 6.61 Å². The van der Waals surface area contributed by atoms with Gasteiger partial charge in [-0.25, -0.2) is 0 Å². The molecule has 1 heteroatoms. The van der Waals surface area contributed by atoms with Crippen LogP contribution >= 0.6 is 0 Å². The van der Waals surface area contributed by atoms with Gasteiger partial charge in [0.05, 0.1) is 6.61 Å². The molecule has 1 aromatic carbocycles. The van der Waals surface area contributed by atoms with E-state index in [4.69, 9.17) is 4.74 Å². The minimum Gasteiger partial charge on any atom is -0.493 e. The van der Waals surface area contributed by atoms with Crippen LogP contribution in [0.4, 0.5) is 0 Å². The molecule has 0 aliphatic carbocycles. The molecule has 1 aromatic rings. The van der Waals surface area contributed by atoms with Crippen LogP contribution in [0.15, 0.2) is 30.4 Å². The Bertz CT molecular complexity index is 393. The lowest BCUT2D eigenvalue weighted by Gasteiger charge is -2.19. The summed E-state index contributed by atoms with van der Waals surface area (Å²) in [6.45, 7) is 9.55. The second kappa shape index (κ2) is 8.79. The Balaban J connectivity index is 2.92. The van der Waals surface area contributed by atoms with Gasteiger partial charge in [-0.3, -0.25) is 0 Å². The fourth-order valence-electron chi connectivity index (χ4n) is 2.27. The number of hydrogen-bond acceptors (Lipinski definition) is 1. The van der Waals surface area contributed by atoms with Crippen molar-refractivity contribution in [3.8, 4) is 5.75 Å². The van der Waals surface area contributed by atoms with E-state index in [0.717, 1.165) is 38.0 Å². The Morgan fingerprint density at radius 2 is 1.95 bits per heavy atom. The monoisotopic (exact) mass is 260 g/mol. The zero-order valence-corrected chi connectivity index (χ0v) is 12.9. The molecule has 0 fully saturated rings. The standard InChI is InChI=1S/C18H28O/c1-5-8-9-10-16(7-3)17-14-15(4)11-12-18(17)19-13-6-2/h8-9,11-12,14,16H,5-7,10,13H2,1-4H3/b9-8-. The average Bonchev–Trinajstić information content (AvgIpc) is 2.42. The van der Waals surface area contributed by atoms with Crippen LogP contribution in [0.3, 0.4) is 0 Å². The molecule has 19 heavy (non-hydrogen) atoms. The smallest absolute Gasteiger partial charge is 0.122 e. The van der Waals surface area contributed by atoms with Gasteiger partial charge in [0.2, 0.25) is 0 Å². The summed E-state index contributed by atoms with van der Waals surface area (Å²) in [7, 11) is 0. The van der Waals surface area contributed by atoms with Gasteiger partial charge >= 0.3 is 0 Å². The van der Waals surface area contributed by atoms with Gasteiger partial charge in [-0.05, 0) is 50.2 Å². The maximum atomic E-state index is 5.91. The highest BCUT2D eigenvalue weighted by Gasteiger charge is 2.13. The Kier molecular flexibility index (Phi) is 7.32. The lowest BCUT2D eigenvalue weighted by molar-refractivity contribution is 0.311. The minimum absolute atomic E-state index is 0.564. The Hall–Kier alpha value is -1.24. The molecule has 0 saturated heterocycles. The molecule has 0 heterocycles. The third kappa shape index (κ3) is 5.10. The number of rotatable bonds is 8. The van der Waals surface area contributed by atoms with Gasteiger partial charge in [0.25, 0.3) is 0 Å². The van der Waals surface area contributed by atoms with Crippen LogP contribution in [0.5, 0.6) is 5.75 Å². The number of hydrogen-bond donors (Lipinski definition) is 0. The molecule has 0 amide bonds. The predicted molar refractivity (Wildman–Crippen MR) is 84.0 cm³/mol. The third-order valence-corrected chi connectivity index (χ3v) is 3.38. The molecule has 1 nitrogen and oxygen atoms in total. The van der Waals surface area contributed by atoms with Gasteiger partial charge in [0, 0.05) is 0 Å².